The Hall–Kier alpha value is -1.11. The Morgan fingerprint density at radius 3 is 2.47 bits per heavy atom. The molecule has 0 aliphatic carbocycles. The summed E-state index contributed by atoms with van der Waals surface area (Å²) in [5.41, 5.74) is 0. The van der Waals surface area contributed by atoms with Crippen LogP contribution >= 0.6 is 0 Å². The lowest BCUT2D eigenvalue weighted by molar-refractivity contribution is 0.0827. The first kappa shape index (κ1) is 12.9. The maximum absolute atomic E-state index is 12.3. The molecule has 1 unspecified atom stereocenters. The third kappa shape index (κ3) is 2.48. The molecule has 3 fully saturated rings. The van der Waals surface area contributed by atoms with Crippen molar-refractivity contribution in [3.05, 3.63) is 24.3 Å². The van der Waals surface area contributed by atoms with Gasteiger partial charge >= 0.3 is 0 Å². The molecule has 2 N–H and O–H groups in total. The molecule has 6 heteroatoms. The topological polar surface area (TPSA) is 69.6 Å². The number of rotatable bonds is 3. The molecule has 19 heavy (non-hydrogen) atoms. The van der Waals surface area contributed by atoms with E-state index in [0.29, 0.717) is 5.92 Å². The van der Waals surface area contributed by atoms with E-state index >= 15 is 0 Å². The Labute approximate surface area is 113 Å². The van der Waals surface area contributed by atoms with Crippen molar-refractivity contribution in [2.45, 2.75) is 23.8 Å². The number of phenols is 1. The van der Waals surface area contributed by atoms with Gasteiger partial charge in [0.05, 0.1) is 0 Å². The summed E-state index contributed by atoms with van der Waals surface area (Å²) in [7, 11) is -3.64. The van der Waals surface area contributed by atoms with Crippen LogP contribution in [0.2, 0.25) is 0 Å². The average molecular weight is 282 g/mol. The molecule has 3 saturated heterocycles. The van der Waals surface area contributed by atoms with Crippen LogP contribution in [0.15, 0.2) is 29.2 Å². The minimum Gasteiger partial charge on any atom is -0.507 e. The van der Waals surface area contributed by atoms with Crippen LogP contribution in [0.1, 0.15) is 12.8 Å². The smallest absolute Gasteiger partial charge is 0.244 e. The van der Waals surface area contributed by atoms with Crippen molar-refractivity contribution in [2.75, 3.05) is 19.6 Å². The van der Waals surface area contributed by atoms with E-state index in [9.17, 15) is 13.5 Å². The minimum absolute atomic E-state index is 0.0351. The molecule has 2 bridgehead atoms. The summed E-state index contributed by atoms with van der Waals surface area (Å²) in [5.74, 6) is 0.224. The van der Waals surface area contributed by atoms with Gasteiger partial charge in [0.2, 0.25) is 10.0 Å². The predicted octanol–water partition coefficient (Wildman–Crippen LogP) is 0.765. The van der Waals surface area contributed by atoms with Gasteiger partial charge in [-0.05, 0) is 44.0 Å². The molecule has 3 aliphatic rings. The van der Waals surface area contributed by atoms with Gasteiger partial charge < -0.3 is 10.0 Å². The molecule has 0 amide bonds. The molecule has 4 rings (SSSR count). The van der Waals surface area contributed by atoms with Gasteiger partial charge in [-0.25, -0.2) is 13.1 Å². The van der Waals surface area contributed by atoms with Gasteiger partial charge in [0.25, 0.3) is 0 Å². The van der Waals surface area contributed by atoms with Crippen LogP contribution in [0.4, 0.5) is 0 Å². The van der Waals surface area contributed by atoms with Crippen molar-refractivity contribution in [2.24, 2.45) is 5.92 Å². The lowest BCUT2D eigenvalue weighted by atomic mass is 9.85. The van der Waals surface area contributed by atoms with Crippen LogP contribution in [0, 0.1) is 5.92 Å². The zero-order valence-electron chi connectivity index (χ0n) is 10.6. The highest BCUT2D eigenvalue weighted by Gasteiger charge is 2.36. The molecule has 3 heterocycles. The number of para-hydroxylation sites is 1. The molecule has 3 aliphatic heterocycles. The minimum atomic E-state index is -3.64. The van der Waals surface area contributed by atoms with Crippen molar-refractivity contribution in [1.29, 1.82) is 0 Å². The molecule has 0 radical (unpaired) electrons. The number of sulfonamides is 1. The molecular weight excluding hydrogens is 264 g/mol. The third-order valence-corrected chi connectivity index (χ3v) is 5.65. The molecule has 0 aromatic heterocycles. The number of benzene rings is 1. The number of aromatic hydroxyl groups is 1. The second-order valence-corrected chi connectivity index (χ2v) is 7.02. The fourth-order valence-electron chi connectivity index (χ4n) is 3.05. The molecule has 0 saturated carbocycles. The van der Waals surface area contributed by atoms with E-state index in [1.807, 2.05) is 0 Å². The lowest BCUT2D eigenvalue weighted by Gasteiger charge is -2.44. The summed E-state index contributed by atoms with van der Waals surface area (Å²) >= 11 is 0. The lowest BCUT2D eigenvalue weighted by Crippen LogP contribution is -2.57. The van der Waals surface area contributed by atoms with E-state index in [2.05, 4.69) is 9.62 Å². The first-order chi connectivity index (χ1) is 9.06. The van der Waals surface area contributed by atoms with Gasteiger partial charge in [-0.15, -0.1) is 0 Å². The van der Waals surface area contributed by atoms with Crippen molar-refractivity contribution < 1.29 is 13.5 Å². The van der Waals surface area contributed by atoms with Crippen LogP contribution in [0.3, 0.4) is 0 Å². The highest BCUT2D eigenvalue weighted by molar-refractivity contribution is 7.89. The van der Waals surface area contributed by atoms with Gasteiger partial charge in [0.1, 0.15) is 10.6 Å². The summed E-state index contributed by atoms with van der Waals surface area (Å²) in [6.45, 7) is 2.91. The highest BCUT2D eigenvalue weighted by Crippen LogP contribution is 2.29. The summed E-state index contributed by atoms with van der Waals surface area (Å²) < 4.78 is 27.4. The zero-order valence-corrected chi connectivity index (χ0v) is 11.4. The third-order valence-electron chi connectivity index (χ3n) is 4.12. The van der Waals surface area contributed by atoms with E-state index in [4.69, 9.17) is 0 Å². The number of nitrogens with one attached hydrogen (secondary N) is 1. The fourth-order valence-corrected chi connectivity index (χ4v) is 4.44. The van der Waals surface area contributed by atoms with E-state index in [1.165, 1.54) is 12.1 Å². The number of piperidine rings is 3. The summed E-state index contributed by atoms with van der Waals surface area (Å²) in [6.07, 6.45) is 2.10. The van der Waals surface area contributed by atoms with Gasteiger partial charge in [-0.1, -0.05) is 12.1 Å². The Balaban J connectivity index is 1.81. The normalized spacial score (nSPS) is 30.4. The standard InChI is InChI=1S/C13H18N2O3S/c16-12-3-1-2-4-13(12)19(17,18)14-11-9-15-7-5-10(11)6-8-15/h1-4,10-11,14,16H,5-9H2. The molecule has 1 atom stereocenters. The Bertz CT molecular complexity index is 565. The number of hydrogen-bond donors (Lipinski definition) is 2. The van der Waals surface area contributed by atoms with Gasteiger partial charge in [0.15, 0.2) is 0 Å². The molecule has 1 aromatic carbocycles. The van der Waals surface area contributed by atoms with Crippen LogP contribution in [0.5, 0.6) is 5.75 Å². The monoisotopic (exact) mass is 282 g/mol. The summed E-state index contributed by atoms with van der Waals surface area (Å²) in [5, 5.41) is 9.68. The molecule has 1 aromatic rings. The Kier molecular flexibility index (Phi) is 3.24. The number of hydrogen-bond acceptors (Lipinski definition) is 4. The molecule has 104 valence electrons. The maximum Gasteiger partial charge on any atom is 0.244 e. The number of nitrogens with zero attached hydrogens (tertiary/aromatic N) is 1. The first-order valence-corrected chi connectivity index (χ1v) is 8.07. The predicted molar refractivity (Wildman–Crippen MR) is 71.4 cm³/mol. The summed E-state index contributed by atoms with van der Waals surface area (Å²) in [4.78, 5) is 2.25. The fraction of sp³-hybridized carbons (Fsp3) is 0.538. The largest absolute Gasteiger partial charge is 0.507 e. The van der Waals surface area contributed by atoms with Crippen molar-refractivity contribution in [3.63, 3.8) is 0 Å². The maximum atomic E-state index is 12.3. The quantitative estimate of drug-likeness (QED) is 0.859. The highest BCUT2D eigenvalue weighted by atomic mass is 32.2. The van der Waals surface area contributed by atoms with E-state index in [0.717, 1.165) is 32.5 Å². The molecule has 5 nitrogen and oxygen atoms in total. The SMILES string of the molecule is O=S(=O)(NC1CN2CCC1CC2)c1ccccc1O. The Morgan fingerprint density at radius 1 is 1.21 bits per heavy atom. The number of phenolic OH excluding ortho intramolecular Hbond substituents is 1. The van der Waals surface area contributed by atoms with Crippen LogP contribution < -0.4 is 4.72 Å². The second-order valence-electron chi connectivity index (χ2n) is 5.33. The molecule has 0 spiro atoms. The van der Waals surface area contributed by atoms with Crippen molar-refractivity contribution in [1.82, 2.24) is 9.62 Å². The number of fused-ring (bicyclic) bond motifs is 3. The summed E-state index contributed by atoms with van der Waals surface area (Å²) in [6, 6.07) is 6.02. The van der Waals surface area contributed by atoms with Crippen molar-refractivity contribution in [3.8, 4) is 5.75 Å². The van der Waals surface area contributed by atoms with Gasteiger partial charge in [-0.3, -0.25) is 0 Å². The van der Waals surface area contributed by atoms with Crippen LogP contribution in [-0.4, -0.2) is 44.1 Å². The van der Waals surface area contributed by atoms with E-state index in [1.54, 1.807) is 12.1 Å². The van der Waals surface area contributed by atoms with E-state index in [-0.39, 0.29) is 16.7 Å². The second kappa shape index (κ2) is 4.77. The zero-order chi connectivity index (χ0) is 13.5. The average Bonchev–Trinajstić information content (AvgIpc) is 2.40. The van der Waals surface area contributed by atoms with Crippen LogP contribution in [0.25, 0.3) is 0 Å². The van der Waals surface area contributed by atoms with Crippen molar-refractivity contribution >= 4 is 10.0 Å². The van der Waals surface area contributed by atoms with Gasteiger partial charge in [-0.2, -0.15) is 0 Å². The Morgan fingerprint density at radius 2 is 1.89 bits per heavy atom. The molecular formula is C13H18N2O3S. The van der Waals surface area contributed by atoms with Crippen LogP contribution in [-0.2, 0) is 10.0 Å². The van der Waals surface area contributed by atoms with Gasteiger partial charge in [0, 0.05) is 12.6 Å². The first-order valence-electron chi connectivity index (χ1n) is 6.59. The van der Waals surface area contributed by atoms with E-state index < -0.39 is 10.0 Å².